The van der Waals surface area contributed by atoms with Gasteiger partial charge in [0.1, 0.15) is 0 Å². The van der Waals surface area contributed by atoms with Gasteiger partial charge in [0.2, 0.25) is 0 Å². The van der Waals surface area contributed by atoms with Gasteiger partial charge in [0, 0.05) is 25.3 Å². The summed E-state index contributed by atoms with van der Waals surface area (Å²) in [5.41, 5.74) is 7.28. The van der Waals surface area contributed by atoms with Crippen LogP contribution in [0.1, 0.15) is 26.3 Å². The lowest BCUT2D eigenvalue weighted by atomic mass is 10.2. The van der Waals surface area contributed by atoms with Gasteiger partial charge in [0.25, 0.3) is 10.2 Å². The van der Waals surface area contributed by atoms with Crippen LogP contribution in [0.2, 0.25) is 0 Å². The molecule has 0 atom stereocenters. The molecule has 0 heterocycles. The highest BCUT2D eigenvalue weighted by molar-refractivity contribution is 7.87. The minimum absolute atomic E-state index is 0.273. The van der Waals surface area contributed by atoms with Crippen molar-refractivity contribution in [2.75, 3.05) is 18.8 Å². The molecule has 0 saturated heterocycles. The van der Waals surface area contributed by atoms with E-state index in [1.807, 2.05) is 39.0 Å². The Morgan fingerprint density at radius 1 is 1.32 bits per heavy atom. The number of nitrogens with one attached hydrogen (secondary N) is 1. The monoisotopic (exact) mass is 285 g/mol. The molecule has 1 aromatic rings. The second-order valence-corrected chi connectivity index (χ2v) is 6.63. The number of nitrogens with zero attached hydrogens (tertiary/aromatic N) is 1. The number of benzene rings is 1. The summed E-state index contributed by atoms with van der Waals surface area (Å²) in [4.78, 5) is 0. The molecule has 1 aromatic carbocycles. The Kier molecular flexibility index (Phi) is 5.78. The van der Waals surface area contributed by atoms with Crippen molar-refractivity contribution in [2.45, 2.75) is 27.3 Å². The number of hydrogen-bond acceptors (Lipinski definition) is 3. The van der Waals surface area contributed by atoms with Crippen LogP contribution in [0.4, 0.5) is 5.69 Å². The Morgan fingerprint density at radius 2 is 1.95 bits per heavy atom. The Morgan fingerprint density at radius 3 is 2.47 bits per heavy atom. The summed E-state index contributed by atoms with van der Waals surface area (Å²) < 4.78 is 28.3. The highest BCUT2D eigenvalue weighted by Gasteiger charge is 2.20. The molecule has 108 valence electrons. The smallest absolute Gasteiger partial charge is 0.279 e. The zero-order valence-corrected chi connectivity index (χ0v) is 12.6. The van der Waals surface area contributed by atoms with Gasteiger partial charge in [0.05, 0.1) is 0 Å². The van der Waals surface area contributed by atoms with Gasteiger partial charge >= 0.3 is 0 Å². The van der Waals surface area contributed by atoms with Crippen LogP contribution in [0, 0.1) is 5.92 Å². The lowest BCUT2D eigenvalue weighted by Crippen LogP contribution is -2.41. The van der Waals surface area contributed by atoms with E-state index >= 15 is 0 Å². The van der Waals surface area contributed by atoms with E-state index in [1.54, 1.807) is 6.07 Å². The van der Waals surface area contributed by atoms with Gasteiger partial charge < -0.3 is 5.73 Å². The minimum atomic E-state index is -3.45. The largest absolute Gasteiger partial charge is 0.398 e. The van der Waals surface area contributed by atoms with Crippen molar-refractivity contribution >= 4 is 15.9 Å². The Bertz CT molecular complexity index is 500. The number of nitrogen functional groups attached to an aromatic ring is 1. The van der Waals surface area contributed by atoms with E-state index in [4.69, 9.17) is 5.73 Å². The van der Waals surface area contributed by atoms with Crippen LogP contribution in [-0.2, 0) is 16.8 Å². The highest BCUT2D eigenvalue weighted by Crippen LogP contribution is 2.15. The van der Waals surface area contributed by atoms with E-state index in [2.05, 4.69) is 4.72 Å². The summed E-state index contributed by atoms with van der Waals surface area (Å²) in [5.74, 6) is 0.273. The summed E-state index contributed by atoms with van der Waals surface area (Å²) in [5, 5.41) is 0. The second kappa shape index (κ2) is 6.88. The maximum atomic E-state index is 12.2. The molecule has 0 aliphatic rings. The van der Waals surface area contributed by atoms with Gasteiger partial charge in [-0.3, -0.25) is 0 Å². The number of nitrogens with two attached hydrogens (primary N) is 1. The molecule has 0 aliphatic heterocycles. The predicted octanol–water partition coefficient (Wildman–Crippen LogP) is 1.58. The average molecular weight is 285 g/mol. The fourth-order valence-corrected chi connectivity index (χ4v) is 2.97. The molecule has 5 nitrogen and oxygen atoms in total. The van der Waals surface area contributed by atoms with Gasteiger partial charge in [-0.05, 0) is 17.5 Å². The van der Waals surface area contributed by atoms with E-state index in [-0.39, 0.29) is 12.5 Å². The maximum absolute atomic E-state index is 12.2. The maximum Gasteiger partial charge on any atom is 0.279 e. The van der Waals surface area contributed by atoms with Crippen molar-refractivity contribution in [3.8, 4) is 0 Å². The van der Waals surface area contributed by atoms with Gasteiger partial charge in [0.15, 0.2) is 0 Å². The zero-order valence-electron chi connectivity index (χ0n) is 11.8. The predicted molar refractivity (Wildman–Crippen MR) is 78.7 cm³/mol. The number of para-hydroxylation sites is 1. The minimum Gasteiger partial charge on any atom is -0.398 e. The molecule has 0 aliphatic carbocycles. The van der Waals surface area contributed by atoms with Crippen molar-refractivity contribution in [1.29, 1.82) is 0 Å². The topological polar surface area (TPSA) is 75.4 Å². The van der Waals surface area contributed by atoms with Crippen LogP contribution in [0.15, 0.2) is 24.3 Å². The molecule has 0 amide bonds. The van der Waals surface area contributed by atoms with E-state index in [9.17, 15) is 8.42 Å². The van der Waals surface area contributed by atoms with Crippen LogP contribution < -0.4 is 10.5 Å². The number of anilines is 1. The zero-order chi connectivity index (χ0) is 14.5. The van der Waals surface area contributed by atoms with E-state index < -0.39 is 10.2 Å². The summed E-state index contributed by atoms with van der Waals surface area (Å²) in [7, 11) is -3.45. The molecule has 0 bridgehead atoms. The lowest BCUT2D eigenvalue weighted by Gasteiger charge is -2.22. The molecule has 0 radical (unpaired) electrons. The van der Waals surface area contributed by atoms with Crippen LogP contribution in [-0.4, -0.2) is 25.8 Å². The van der Waals surface area contributed by atoms with Gasteiger partial charge in [-0.15, -0.1) is 0 Å². The fraction of sp³-hybridized carbons (Fsp3) is 0.538. The average Bonchev–Trinajstić information content (AvgIpc) is 2.35. The van der Waals surface area contributed by atoms with Crippen LogP contribution in [0.3, 0.4) is 0 Å². The van der Waals surface area contributed by atoms with Gasteiger partial charge in [-0.1, -0.05) is 39.0 Å². The fourth-order valence-electron chi connectivity index (χ4n) is 1.60. The first kappa shape index (κ1) is 15.9. The first-order valence-corrected chi connectivity index (χ1v) is 7.89. The van der Waals surface area contributed by atoms with Gasteiger partial charge in [-0.2, -0.15) is 12.7 Å². The molecule has 19 heavy (non-hydrogen) atoms. The molecule has 0 fully saturated rings. The molecular weight excluding hydrogens is 262 g/mol. The third-order valence-electron chi connectivity index (χ3n) is 2.77. The first-order chi connectivity index (χ1) is 8.86. The standard InChI is InChI=1S/C13H23N3O2S/c1-4-16(19(17,18)15-9-11(2)3)10-12-7-5-6-8-13(12)14/h5-8,11,15H,4,9-10,14H2,1-3H3. The quantitative estimate of drug-likeness (QED) is 0.747. The van der Waals surface area contributed by atoms with Crippen molar-refractivity contribution < 1.29 is 8.42 Å². The Labute approximate surface area is 116 Å². The molecule has 0 aromatic heterocycles. The van der Waals surface area contributed by atoms with E-state index in [1.165, 1.54) is 4.31 Å². The summed E-state index contributed by atoms with van der Waals surface area (Å²) in [6.07, 6.45) is 0. The first-order valence-electron chi connectivity index (χ1n) is 6.45. The number of rotatable bonds is 7. The summed E-state index contributed by atoms with van der Waals surface area (Å²) in [6, 6.07) is 7.31. The molecule has 3 N–H and O–H groups in total. The Balaban J connectivity index is 2.81. The lowest BCUT2D eigenvalue weighted by molar-refractivity contribution is 0.411. The third kappa shape index (κ3) is 4.81. The molecule has 6 heteroatoms. The second-order valence-electron chi connectivity index (χ2n) is 4.87. The molecule has 0 spiro atoms. The Hall–Kier alpha value is -1.11. The molecule has 0 saturated carbocycles. The highest BCUT2D eigenvalue weighted by atomic mass is 32.2. The van der Waals surface area contributed by atoms with Gasteiger partial charge in [-0.25, -0.2) is 4.72 Å². The summed E-state index contributed by atoms with van der Waals surface area (Å²) >= 11 is 0. The van der Waals surface area contributed by atoms with Crippen molar-refractivity contribution in [3.05, 3.63) is 29.8 Å². The number of hydrogen-bond donors (Lipinski definition) is 2. The van der Waals surface area contributed by atoms with Crippen LogP contribution in [0.5, 0.6) is 0 Å². The molecule has 0 unspecified atom stereocenters. The normalized spacial score (nSPS) is 12.3. The van der Waals surface area contributed by atoms with E-state index in [0.717, 1.165) is 5.56 Å². The van der Waals surface area contributed by atoms with Crippen molar-refractivity contribution in [1.82, 2.24) is 9.03 Å². The van der Waals surface area contributed by atoms with Crippen LogP contribution in [0.25, 0.3) is 0 Å². The molecule has 1 rings (SSSR count). The summed E-state index contributed by atoms with van der Waals surface area (Å²) in [6.45, 7) is 6.87. The third-order valence-corrected chi connectivity index (χ3v) is 4.37. The van der Waals surface area contributed by atoms with Crippen LogP contribution >= 0.6 is 0 Å². The van der Waals surface area contributed by atoms with Crippen molar-refractivity contribution in [2.24, 2.45) is 5.92 Å². The van der Waals surface area contributed by atoms with E-state index in [0.29, 0.717) is 18.8 Å². The SMILES string of the molecule is CCN(Cc1ccccc1N)S(=O)(=O)NCC(C)C. The molecular formula is C13H23N3O2S. The van der Waals surface area contributed by atoms with Crippen molar-refractivity contribution in [3.63, 3.8) is 0 Å².